The van der Waals surface area contributed by atoms with E-state index in [4.69, 9.17) is 0 Å². The van der Waals surface area contributed by atoms with Crippen molar-refractivity contribution in [3.05, 3.63) is 31.9 Å². The summed E-state index contributed by atoms with van der Waals surface area (Å²) in [7, 11) is 1.73. The van der Waals surface area contributed by atoms with Gasteiger partial charge in [0.25, 0.3) is 5.56 Å². The van der Waals surface area contributed by atoms with Crippen LogP contribution in [0.2, 0.25) is 0 Å². The molecule has 6 nitrogen and oxygen atoms in total. The van der Waals surface area contributed by atoms with Crippen LogP contribution >= 0.6 is 34.4 Å². The molecule has 3 aromatic rings. The van der Waals surface area contributed by atoms with E-state index < -0.39 is 0 Å². The van der Waals surface area contributed by atoms with Gasteiger partial charge in [-0.25, -0.2) is 9.97 Å². The van der Waals surface area contributed by atoms with E-state index in [0.717, 1.165) is 35.2 Å². The Hall–Kier alpha value is -1.71. The highest BCUT2D eigenvalue weighted by Crippen LogP contribution is 2.34. The van der Waals surface area contributed by atoms with Gasteiger partial charge >= 0.3 is 0 Å². The van der Waals surface area contributed by atoms with Gasteiger partial charge in [-0.2, -0.15) is 0 Å². The maximum absolute atomic E-state index is 12.8. The summed E-state index contributed by atoms with van der Waals surface area (Å²) in [6.45, 7) is 1.89. The lowest BCUT2D eigenvalue weighted by Crippen LogP contribution is -2.21. The van der Waals surface area contributed by atoms with E-state index in [-0.39, 0.29) is 17.2 Å². The van der Waals surface area contributed by atoms with Crippen LogP contribution in [-0.2, 0) is 24.7 Å². The van der Waals surface area contributed by atoms with Crippen LogP contribution < -0.4 is 10.9 Å². The number of rotatable bonds is 4. The van der Waals surface area contributed by atoms with Crippen molar-refractivity contribution in [1.29, 1.82) is 0 Å². The van der Waals surface area contributed by atoms with Gasteiger partial charge in [-0.05, 0) is 38.2 Å². The highest BCUT2D eigenvalue weighted by atomic mass is 32.2. The standard InChI is InChI=1S/C17H18N4O2S3/c1-9-7-24-16(18-9)19-12(22)8-25-17-20-14-13(15(23)21(17)2)10-5-3-4-6-11(10)26-14/h7H,3-6,8H2,1-2H3,(H,18,19,22). The Morgan fingerprint density at radius 2 is 2.15 bits per heavy atom. The largest absolute Gasteiger partial charge is 0.301 e. The van der Waals surface area contributed by atoms with Crippen LogP contribution in [0.1, 0.15) is 29.0 Å². The molecule has 3 aromatic heterocycles. The van der Waals surface area contributed by atoms with Gasteiger partial charge in [0.2, 0.25) is 5.91 Å². The predicted octanol–water partition coefficient (Wildman–Crippen LogP) is 3.37. The van der Waals surface area contributed by atoms with Crippen LogP contribution in [0.5, 0.6) is 0 Å². The van der Waals surface area contributed by atoms with E-state index in [1.807, 2.05) is 12.3 Å². The molecule has 136 valence electrons. The van der Waals surface area contributed by atoms with Crippen molar-refractivity contribution >= 4 is 55.7 Å². The number of anilines is 1. The quantitative estimate of drug-likeness (QED) is 0.531. The Kier molecular flexibility index (Phi) is 4.85. The summed E-state index contributed by atoms with van der Waals surface area (Å²) in [6.07, 6.45) is 4.32. The molecule has 0 spiro atoms. The number of amides is 1. The molecule has 0 saturated carbocycles. The fraction of sp³-hybridized carbons (Fsp3) is 0.412. The number of thiophene rings is 1. The monoisotopic (exact) mass is 406 g/mol. The third-order valence-corrected chi connectivity index (χ3v) is 7.44. The number of hydrogen-bond acceptors (Lipinski definition) is 7. The van der Waals surface area contributed by atoms with Crippen LogP contribution in [0.15, 0.2) is 15.3 Å². The fourth-order valence-corrected chi connectivity index (χ4v) is 5.87. The van der Waals surface area contributed by atoms with Crippen molar-refractivity contribution in [2.24, 2.45) is 7.05 Å². The molecule has 0 atom stereocenters. The lowest BCUT2D eigenvalue weighted by molar-refractivity contribution is -0.113. The van der Waals surface area contributed by atoms with Gasteiger partial charge in [-0.1, -0.05) is 11.8 Å². The first-order valence-corrected chi connectivity index (χ1v) is 11.1. The molecule has 9 heteroatoms. The van der Waals surface area contributed by atoms with Crippen molar-refractivity contribution < 1.29 is 4.79 Å². The summed E-state index contributed by atoms with van der Waals surface area (Å²) < 4.78 is 1.56. The number of nitrogens with one attached hydrogen (secondary N) is 1. The van der Waals surface area contributed by atoms with Crippen molar-refractivity contribution in [2.45, 2.75) is 37.8 Å². The Morgan fingerprint density at radius 1 is 1.35 bits per heavy atom. The highest BCUT2D eigenvalue weighted by molar-refractivity contribution is 7.99. The van der Waals surface area contributed by atoms with Gasteiger partial charge in [0.1, 0.15) is 4.83 Å². The second-order valence-corrected chi connectivity index (χ2v) is 9.16. The Labute approximate surface area is 162 Å². The van der Waals surface area contributed by atoms with Crippen LogP contribution in [0.3, 0.4) is 0 Å². The molecule has 26 heavy (non-hydrogen) atoms. The zero-order valence-corrected chi connectivity index (χ0v) is 16.9. The third kappa shape index (κ3) is 3.30. The second-order valence-electron chi connectivity index (χ2n) is 6.28. The average molecular weight is 407 g/mol. The molecule has 0 aromatic carbocycles. The average Bonchev–Trinajstić information content (AvgIpc) is 3.19. The fourth-order valence-electron chi connectivity index (χ4n) is 3.09. The molecule has 0 saturated heterocycles. The second kappa shape index (κ2) is 7.13. The molecule has 0 unspecified atom stereocenters. The SMILES string of the molecule is Cc1csc(NC(=O)CSc2nc3sc4c(c3c(=O)n2C)CCCC4)n1. The number of aromatic nitrogens is 3. The van der Waals surface area contributed by atoms with Gasteiger partial charge in [-0.15, -0.1) is 22.7 Å². The number of nitrogens with zero attached hydrogens (tertiary/aromatic N) is 3. The topological polar surface area (TPSA) is 76.9 Å². The van der Waals surface area contributed by atoms with E-state index in [9.17, 15) is 9.59 Å². The number of fused-ring (bicyclic) bond motifs is 3. The van der Waals surface area contributed by atoms with Crippen molar-refractivity contribution in [3.8, 4) is 0 Å². The van der Waals surface area contributed by atoms with Gasteiger partial charge in [0.05, 0.1) is 16.8 Å². The van der Waals surface area contributed by atoms with Crippen LogP contribution in [0.25, 0.3) is 10.2 Å². The van der Waals surface area contributed by atoms with E-state index in [2.05, 4.69) is 15.3 Å². The first kappa shape index (κ1) is 17.7. The zero-order valence-electron chi connectivity index (χ0n) is 14.5. The van der Waals surface area contributed by atoms with E-state index in [1.165, 1.54) is 40.0 Å². The molecule has 3 heterocycles. The van der Waals surface area contributed by atoms with Crippen molar-refractivity contribution in [3.63, 3.8) is 0 Å². The molecule has 1 amide bonds. The molecule has 1 aliphatic rings. The summed E-state index contributed by atoms with van der Waals surface area (Å²) in [5.41, 5.74) is 2.07. The predicted molar refractivity (Wildman–Crippen MR) is 108 cm³/mol. The lowest BCUT2D eigenvalue weighted by Gasteiger charge is -2.10. The normalized spacial score (nSPS) is 13.8. The molecular weight excluding hydrogens is 388 g/mol. The van der Waals surface area contributed by atoms with Gasteiger partial charge < -0.3 is 5.32 Å². The molecule has 1 aliphatic carbocycles. The van der Waals surface area contributed by atoms with Gasteiger partial charge in [0.15, 0.2) is 10.3 Å². The number of thioether (sulfide) groups is 1. The molecule has 0 fully saturated rings. The van der Waals surface area contributed by atoms with E-state index in [1.54, 1.807) is 23.0 Å². The molecule has 1 N–H and O–H groups in total. The number of carbonyl (C=O) groups is 1. The Morgan fingerprint density at radius 3 is 2.92 bits per heavy atom. The first-order valence-electron chi connectivity index (χ1n) is 8.39. The van der Waals surface area contributed by atoms with Gasteiger partial charge in [0, 0.05) is 17.3 Å². The Bertz CT molecular complexity index is 1050. The summed E-state index contributed by atoms with van der Waals surface area (Å²) in [5.74, 6) is 0.0411. The number of hydrogen-bond donors (Lipinski definition) is 1. The minimum Gasteiger partial charge on any atom is -0.301 e. The van der Waals surface area contributed by atoms with Crippen molar-refractivity contribution in [2.75, 3.05) is 11.1 Å². The van der Waals surface area contributed by atoms with Crippen molar-refractivity contribution in [1.82, 2.24) is 14.5 Å². The number of thiazole rings is 1. The molecule has 0 aliphatic heterocycles. The minimum atomic E-state index is -0.149. The summed E-state index contributed by atoms with van der Waals surface area (Å²) in [6, 6.07) is 0. The summed E-state index contributed by atoms with van der Waals surface area (Å²) in [5, 5.41) is 6.61. The third-order valence-electron chi connectivity index (χ3n) is 4.35. The minimum absolute atomic E-state index is 0.00661. The highest BCUT2D eigenvalue weighted by Gasteiger charge is 2.21. The molecule has 4 rings (SSSR count). The Balaban J connectivity index is 1.56. The van der Waals surface area contributed by atoms with E-state index >= 15 is 0 Å². The first-order chi connectivity index (χ1) is 12.5. The molecule has 0 radical (unpaired) electrons. The number of aryl methyl sites for hydroxylation is 3. The van der Waals surface area contributed by atoms with E-state index in [0.29, 0.717) is 10.3 Å². The van der Waals surface area contributed by atoms with Crippen LogP contribution in [0, 0.1) is 6.92 Å². The maximum Gasteiger partial charge on any atom is 0.262 e. The summed E-state index contributed by atoms with van der Waals surface area (Å²) >= 11 is 4.31. The maximum atomic E-state index is 12.8. The summed E-state index contributed by atoms with van der Waals surface area (Å²) in [4.78, 5) is 36.0. The van der Waals surface area contributed by atoms with Crippen LogP contribution in [-0.4, -0.2) is 26.2 Å². The van der Waals surface area contributed by atoms with Gasteiger partial charge in [-0.3, -0.25) is 14.2 Å². The molecule has 0 bridgehead atoms. The molecular formula is C17H18N4O2S3. The number of carbonyl (C=O) groups excluding carboxylic acids is 1. The lowest BCUT2D eigenvalue weighted by atomic mass is 9.97. The van der Waals surface area contributed by atoms with Crippen LogP contribution in [0.4, 0.5) is 5.13 Å². The smallest absolute Gasteiger partial charge is 0.262 e. The zero-order chi connectivity index (χ0) is 18.3.